The molecule has 6 heteroatoms. The van der Waals surface area contributed by atoms with E-state index in [1.165, 1.54) is 7.11 Å². The minimum absolute atomic E-state index is 0.284. The molecular weight excluding hydrogens is 216 g/mol. The Morgan fingerprint density at radius 3 is 2.44 bits per heavy atom. The van der Waals surface area contributed by atoms with Crippen LogP contribution >= 0.6 is 0 Å². The number of hydrogen-bond donors (Lipinski definition) is 2. The largest absolute Gasteiger partial charge is 0.394 e. The van der Waals surface area contributed by atoms with Crippen molar-refractivity contribution in [1.29, 1.82) is 0 Å². The molecule has 0 aromatic heterocycles. The third-order valence-corrected chi connectivity index (χ3v) is 2.87. The second-order valence-electron chi connectivity index (χ2n) is 4.52. The van der Waals surface area contributed by atoms with Gasteiger partial charge in [-0.1, -0.05) is 0 Å². The second kappa shape index (κ2) is 4.21. The van der Waals surface area contributed by atoms with Gasteiger partial charge >= 0.3 is 0 Å². The summed E-state index contributed by atoms with van der Waals surface area (Å²) in [7, 11) is 1.49. The zero-order valence-corrected chi connectivity index (χ0v) is 9.62. The molecule has 5 atom stereocenters. The number of fused-ring (bicyclic) bond motifs is 1. The minimum atomic E-state index is -0.914. The van der Waals surface area contributed by atoms with Crippen LogP contribution in [-0.4, -0.2) is 60.4 Å². The lowest BCUT2D eigenvalue weighted by Gasteiger charge is -2.38. The molecule has 2 N–H and O–H groups in total. The van der Waals surface area contributed by atoms with Crippen LogP contribution in [0.25, 0.3) is 0 Å². The summed E-state index contributed by atoms with van der Waals surface area (Å²) < 4.78 is 21.7. The Balaban J connectivity index is 2.18. The Morgan fingerprint density at radius 1 is 1.25 bits per heavy atom. The Bertz CT molecular complexity index is 256. The van der Waals surface area contributed by atoms with E-state index < -0.39 is 36.5 Å². The highest BCUT2D eigenvalue weighted by Gasteiger charge is 2.54. The number of ether oxygens (including phenoxy) is 4. The first-order valence-electron chi connectivity index (χ1n) is 5.31. The molecule has 0 bridgehead atoms. The molecule has 0 aliphatic carbocycles. The first kappa shape index (κ1) is 12.2. The molecule has 6 nitrogen and oxygen atoms in total. The van der Waals surface area contributed by atoms with Crippen LogP contribution in [0, 0.1) is 0 Å². The molecule has 0 spiro atoms. The van der Waals surface area contributed by atoms with E-state index in [1.807, 2.05) is 0 Å². The fraction of sp³-hybridized carbons (Fsp3) is 1.00. The lowest BCUT2D eigenvalue weighted by atomic mass is 9.99. The van der Waals surface area contributed by atoms with E-state index in [-0.39, 0.29) is 6.61 Å². The van der Waals surface area contributed by atoms with Crippen molar-refractivity contribution in [1.82, 2.24) is 0 Å². The van der Waals surface area contributed by atoms with Gasteiger partial charge in [0.15, 0.2) is 12.1 Å². The standard InChI is InChI=1S/C10H18O6/c1-10(2)15-7-6(12)5(4-11)14-9(13-3)8(7)16-10/h5-9,11-12H,4H2,1-3H3/t5-,6+,7+,8+,9-/m1/s1. The number of rotatable bonds is 2. The SMILES string of the molecule is CO[C@@H]1O[C@H](CO)[C@H](O)[C@@H]2OC(C)(C)O[C@H]12. The Hall–Kier alpha value is -0.240. The molecule has 2 fully saturated rings. The van der Waals surface area contributed by atoms with Gasteiger partial charge in [0.2, 0.25) is 0 Å². The summed E-state index contributed by atoms with van der Waals surface area (Å²) in [6, 6.07) is 0. The van der Waals surface area contributed by atoms with Crippen LogP contribution in [0.4, 0.5) is 0 Å². The summed E-state index contributed by atoms with van der Waals surface area (Å²) >= 11 is 0. The predicted molar refractivity (Wildman–Crippen MR) is 52.6 cm³/mol. The average Bonchev–Trinajstić information content (AvgIpc) is 2.55. The van der Waals surface area contributed by atoms with Crippen LogP contribution < -0.4 is 0 Å². The van der Waals surface area contributed by atoms with Crippen molar-refractivity contribution >= 4 is 0 Å². The second-order valence-corrected chi connectivity index (χ2v) is 4.52. The van der Waals surface area contributed by atoms with Gasteiger partial charge < -0.3 is 29.2 Å². The Kier molecular flexibility index (Phi) is 3.22. The predicted octanol–water partition coefficient (Wildman–Crippen LogP) is -0.769. The van der Waals surface area contributed by atoms with Crippen molar-refractivity contribution in [2.24, 2.45) is 0 Å². The molecule has 2 aliphatic heterocycles. The maximum absolute atomic E-state index is 9.94. The molecule has 2 saturated heterocycles. The van der Waals surface area contributed by atoms with Crippen molar-refractivity contribution in [3.63, 3.8) is 0 Å². The van der Waals surface area contributed by atoms with E-state index >= 15 is 0 Å². The molecule has 0 saturated carbocycles. The average molecular weight is 234 g/mol. The van der Waals surface area contributed by atoms with E-state index in [0.29, 0.717) is 0 Å². The maximum Gasteiger partial charge on any atom is 0.186 e. The highest BCUT2D eigenvalue weighted by molar-refractivity contribution is 4.95. The third kappa shape index (κ3) is 1.97. The fourth-order valence-electron chi connectivity index (χ4n) is 2.17. The smallest absolute Gasteiger partial charge is 0.186 e. The molecule has 2 aliphatic rings. The summed E-state index contributed by atoms with van der Waals surface area (Å²) in [6.07, 6.45) is -3.26. The van der Waals surface area contributed by atoms with Crippen LogP contribution in [0.1, 0.15) is 13.8 Å². The van der Waals surface area contributed by atoms with Gasteiger partial charge in [-0.25, -0.2) is 0 Å². The molecule has 0 unspecified atom stereocenters. The van der Waals surface area contributed by atoms with E-state index in [4.69, 9.17) is 24.1 Å². The van der Waals surface area contributed by atoms with Crippen LogP contribution in [0.2, 0.25) is 0 Å². The monoisotopic (exact) mass is 234 g/mol. The van der Waals surface area contributed by atoms with Gasteiger partial charge in [0.25, 0.3) is 0 Å². The van der Waals surface area contributed by atoms with Gasteiger partial charge in [0.05, 0.1) is 6.61 Å². The summed E-state index contributed by atoms with van der Waals surface area (Å²) in [5.41, 5.74) is 0. The summed E-state index contributed by atoms with van der Waals surface area (Å²) in [4.78, 5) is 0. The molecule has 0 aromatic rings. The summed E-state index contributed by atoms with van der Waals surface area (Å²) in [5.74, 6) is -0.777. The highest BCUT2D eigenvalue weighted by atomic mass is 16.8. The van der Waals surface area contributed by atoms with Gasteiger partial charge in [-0.05, 0) is 13.8 Å². The summed E-state index contributed by atoms with van der Waals surface area (Å²) in [5, 5.41) is 19.0. The Labute approximate surface area is 94.1 Å². The van der Waals surface area contributed by atoms with Crippen molar-refractivity contribution < 1.29 is 29.2 Å². The lowest BCUT2D eigenvalue weighted by molar-refractivity contribution is -0.272. The van der Waals surface area contributed by atoms with Gasteiger partial charge in [0.1, 0.15) is 24.4 Å². The zero-order valence-electron chi connectivity index (χ0n) is 9.62. The molecule has 2 heterocycles. The van der Waals surface area contributed by atoms with E-state index in [1.54, 1.807) is 13.8 Å². The zero-order chi connectivity index (χ0) is 11.9. The minimum Gasteiger partial charge on any atom is -0.394 e. The lowest BCUT2D eigenvalue weighted by Crippen LogP contribution is -2.57. The van der Waals surface area contributed by atoms with Crippen molar-refractivity contribution in [3.05, 3.63) is 0 Å². The molecule has 0 amide bonds. The maximum atomic E-state index is 9.94. The molecule has 16 heavy (non-hydrogen) atoms. The van der Waals surface area contributed by atoms with Crippen molar-refractivity contribution in [2.45, 2.75) is 50.3 Å². The normalized spacial score (nSPS) is 46.7. The first-order valence-corrected chi connectivity index (χ1v) is 5.31. The molecule has 0 aromatic carbocycles. The van der Waals surface area contributed by atoms with E-state index in [9.17, 15) is 5.11 Å². The molecular formula is C10H18O6. The quantitative estimate of drug-likeness (QED) is 0.653. The third-order valence-electron chi connectivity index (χ3n) is 2.87. The van der Waals surface area contributed by atoms with Gasteiger partial charge in [0, 0.05) is 7.11 Å². The van der Waals surface area contributed by atoms with Crippen molar-refractivity contribution in [3.8, 4) is 0 Å². The van der Waals surface area contributed by atoms with Gasteiger partial charge in [-0.15, -0.1) is 0 Å². The Morgan fingerprint density at radius 2 is 1.88 bits per heavy atom. The van der Waals surface area contributed by atoms with Gasteiger partial charge in [-0.2, -0.15) is 0 Å². The van der Waals surface area contributed by atoms with Crippen molar-refractivity contribution in [2.75, 3.05) is 13.7 Å². The number of hydrogen-bond acceptors (Lipinski definition) is 6. The highest BCUT2D eigenvalue weighted by Crippen LogP contribution is 2.37. The summed E-state index contributed by atoms with van der Waals surface area (Å²) in [6.45, 7) is 3.24. The number of methoxy groups -OCH3 is 1. The fourth-order valence-corrected chi connectivity index (χ4v) is 2.17. The van der Waals surface area contributed by atoms with Crippen LogP contribution in [-0.2, 0) is 18.9 Å². The number of aliphatic hydroxyl groups excluding tert-OH is 2. The molecule has 0 radical (unpaired) electrons. The van der Waals surface area contributed by atoms with Crippen LogP contribution in [0.3, 0.4) is 0 Å². The number of aliphatic hydroxyl groups is 2. The first-order chi connectivity index (χ1) is 7.48. The van der Waals surface area contributed by atoms with Gasteiger partial charge in [-0.3, -0.25) is 0 Å². The van der Waals surface area contributed by atoms with Crippen LogP contribution in [0.5, 0.6) is 0 Å². The van der Waals surface area contributed by atoms with Crippen LogP contribution in [0.15, 0.2) is 0 Å². The molecule has 2 rings (SSSR count). The topological polar surface area (TPSA) is 77.4 Å². The van der Waals surface area contributed by atoms with E-state index in [0.717, 1.165) is 0 Å². The molecule has 94 valence electrons. The van der Waals surface area contributed by atoms with E-state index in [2.05, 4.69) is 0 Å².